The summed E-state index contributed by atoms with van der Waals surface area (Å²) < 4.78 is 0. The molecule has 0 fully saturated rings. The average molecular weight is 263 g/mol. The van der Waals surface area contributed by atoms with Gasteiger partial charge < -0.3 is 14.9 Å². The Balaban J connectivity index is 3.00. The molecule has 6 heteroatoms. The van der Waals surface area contributed by atoms with E-state index in [4.69, 9.17) is 5.11 Å². The zero-order valence-electron chi connectivity index (χ0n) is 11.4. The molecule has 1 aromatic carbocycles. The minimum absolute atomic E-state index is 0.140. The summed E-state index contributed by atoms with van der Waals surface area (Å²) in [5.41, 5.74) is 0.493. The number of aliphatic imine (C=N–C) groups is 1. The zero-order valence-corrected chi connectivity index (χ0v) is 11.4. The second kappa shape index (κ2) is 5.99. The van der Waals surface area contributed by atoms with Gasteiger partial charge in [-0.2, -0.15) is 4.99 Å². The van der Waals surface area contributed by atoms with Crippen LogP contribution in [0.5, 0.6) is 0 Å². The summed E-state index contributed by atoms with van der Waals surface area (Å²) in [6, 6.07) is 5.68. The standard InChI is InChI=1S/C13H17N3O3/c1-15(2)13(16(3)4)14-11(17)9-5-7-10(8-6-9)12(18)19/h5-8H,1-4H3,(H,18,19). The molecular formula is C13H17N3O3. The van der Waals surface area contributed by atoms with Crippen molar-refractivity contribution in [3.05, 3.63) is 35.4 Å². The number of nitrogens with zero attached hydrogens (tertiary/aromatic N) is 3. The Morgan fingerprint density at radius 2 is 1.37 bits per heavy atom. The lowest BCUT2D eigenvalue weighted by Crippen LogP contribution is -2.36. The number of hydrogen-bond donors (Lipinski definition) is 1. The molecule has 0 unspecified atom stereocenters. The summed E-state index contributed by atoms with van der Waals surface area (Å²) in [6.07, 6.45) is 0. The van der Waals surface area contributed by atoms with E-state index in [1.165, 1.54) is 24.3 Å². The normalized spacial score (nSPS) is 9.68. The number of benzene rings is 1. The van der Waals surface area contributed by atoms with Crippen molar-refractivity contribution in [3.8, 4) is 0 Å². The molecule has 0 heterocycles. The monoisotopic (exact) mass is 263 g/mol. The van der Waals surface area contributed by atoms with Gasteiger partial charge in [0.25, 0.3) is 5.91 Å². The summed E-state index contributed by atoms with van der Waals surface area (Å²) in [5.74, 6) is -0.911. The Morgan fingerprint density at radius 3 is 1.74 bits per heavy atom. The van der Waals surface area contributed by atoms with Crippen molar-refractivity contribution in [1.29, 1.82) is 0 Å². The van der Waals surface area contributed by atoms with Gasteiger partial charge in [0.2, 0.25) is 5.96 Å². The second-order valence-corrected chi connectivity index (χ2v) is 4.39. The molecule has 6 nitrogen and oxygen atoms in total. The summed E-state index contributed by atoms with van der Waals surface area (Å²) in [5, 5.41) is 8.78. The minimum atomic E-state index is -1.02. The van der Waals surface area contributed by atoms with Crippen molar-refractivity contribution in [3.63, 3.8) is 0 Å². The van der Waals surface area contributed by atoms with E-state index in [-0.39, 0.29) is 5.56 Å². The van der Waals surface area contributed by atoms with E-state index in [0.717, 1.165) is 0 Å². The summed E-state index contributed by atoms with van der Waals surface area (Å²) in [4.78, 5) is 30.1. The van der Waals surface area contributed by atoms with Crippen LogP contribution in [0.3, 0.4) is 0 Å². The van der Waals surface area contributed by atoms with E-state index < -0.39 is 11.9 Å². The lowest BCUT2D eigenvalue weighted by molar-refractivity contribution is 0.0696. The molecule has 0 bridgehead atoms. The molecule has 102 valence electrons. The van der Waals surface area contributed by atoms with Gasteiger partial charge in [0, 0.05) is 33.8 Å². The predicted molar refractivity (Wildman–Crippen MR) is 72.5 cm³/mol. The molecule has 0 spiro atoms. The lowest BCUT2D eigenvalue weighted by atomic mass is 10.1. The molecule has 0 atom stereocenters. The fraction of sp³-hybridized carbons (Fsp3) is 0.308. The molecule has 0 aliphatic heterocycles. The van der Waals surface area contributed by atoms with E-state index in [1.807, 2.05) is 0 Å². The van der Waals surface area contributed by atoms with Crippen molar-refractivity contribution in [2.75, 3.05) is 28.2 Å². The van der Waals surface area contributed by atoms with Gasteiger partial charge in [0.15, 0.2) is 0 Å². The van der Waals surface area contributed by atoms with Gasteiger partial charge in [-0.25, -0.2) is 4.79 Å². The molecule has 1 N–H and O–H groups in total. The number of carbonyl (C=O) groups is 2. The Labute approximate surface area is 112 Å². The first kappa shape index (κ1) is 14.7. The van der Waals surface area contributed by atoms with Gasteiger partial charge in [-0.3, -0.25) is 4.79 Å². The maximum Gasteiger partial charge on any atom is 0.335 e. The smallest absolute Gasteiger partial charge is 0.335 e. The molecule has 0 radical (unpaired) electrons. The molecule has 0 saturated heterocycles. The Hall–Kier alpha value is -2.37. The number of aromatic carboxylic acids is 1. The third-order valence-corrected chi connectivity index (χ3v) is 2.38. The van der Waals surface area contributed by atoms with Crippen molar-refractivity contribution in [2.45, 2.75) is 0 Å². The predicted octanol–water partition coefficient (Wildman–Crippen LogP) is 1.00. The highest BCUT2D eigenvalue weighted by Gasteiger charge is 2.11. The zero-order chi connectivity index (χ0) is 14.6. The number of guanidine groups is 1. The fourth-order valence-corrected chi connectivity index (χ4v) is 1.51. The first-order chi connectivity index (χ1) is 8.82. The number of amides is 1. The van der Waals surface area contributed by atoms with E-state index in [2.05, 4.69) is 4.99 Å². The average Bonchev–Trinajstić information content (AvgIpc) is 2.34. The molecular weight excluding hydrogens is 246 g/mol. The van der Waals surface area contributed by atoms with Gasteiger partial charge >= 0.3 is 5.97 Å². The Bertz CT molecular complexity index is 494. The first-order valence-corrected chi connectivity index (χ1v) is 5.64. The highest BCUT2D eigenvalue weighted by Crippen LogP contribution is 2.06. The van der Waals surface area contributed by atoms with E-state index in [9.17, 15) is 9.59 Å². The van der Waals surface area contributed by atoms with Crippen LogP contribution in [0.1, 0.15) is 20.7 Å². The van der Waals surface area contributed by atoms with E-state index in [0.29, 0.717) is 11.5 Å². The molecule has 0 aliphatic rings. The molecule has 1 amide bonds. The first-order valence-electron chi connectivity index (χ1n) is 5.64. The number of hydrogen-bond acceptors (Lipinski definition) is 2. The Kier molecular flexibility index (Phi) is 4.63. The van der Waals surface area contributed by atoms with Crippen LogP contribution >= 0.6 is 0 Å². The SMILES string of the molecule is CN(C)C(=NC(=O)c1ccc(C(=O)O)cc1)N(C)C. The molecule has 1 rings (SSSR count). The topological polar surface area (TPSA) is 73.2 Å². The van der Waals surface area contributed by atoms with Crippen LogP contribution in [0.4, 0.5) is 0 Å². The van der Waals surface area contributed by atoms with Crippen molar-refractivity contribution >= 4 is 17.8 Å². The molecule has 0 saturated carbocycles. The molecule has 0 aromatic heterocycles. The van der Waals surface area contributed by atoms with E-state index in [1.54, 1.807) is 38.0 Å². The van der Waals surface area contributed by atoms with Crippen LogP contribution in [-0.2, 0) is 0 Å². The molecule has 0 aliphatic carbocycles. The summed E-state index contributed by atoms with van der Waals surface area (Å²) in [6.45, 7) is 0. The van der Waals surface area contributed by atoms with Crippen LogP contribution in [0, 0.1) is 0 Å². The maximum atomic E-state index is 12.0. The third-order valence-electron chi connectivity index (χ3n) is 2.38. The molecule has 1 aromatic rings. The fourth-order valence-electron chi connectivity index (χ4n) is 1.51. The second-order valence-electron chi connectivity index (χ2n) is 4.39. The van der Waals surface area contributed by atoms with Gasteiger partial charge in [0.05, 0.1) is 5.56 Å². The summed E-state index contributed by atoms with van der Waals surface area (Å²) >= 11 is 0. The maximum absolute atomic E-state index is 12.0. The van der Waals surface area contributed by atoms with Crippen LogP contribution in [0.15, 0.2) is 29.3 Å². The molecule has 19 heavy (non-hydrogen) atoms. The van der Waals surface area contributed by atoms with Gasteiger partial charge in [0.1, 0.15) is 0 Å². The van der Waals surface area contributed by atoms with Crippen molar-refractivity contribution < 1.29 is 14.7 Å². The van der Waals surface area contributed by atoms with Crippen molar-refractivity contribution in [1.82, 2.24) is 9.80 Å². The summed E-state index contributed by atoms with van der Waals surface area (Å²) in [7, 11) is 7.17. The van der Waals surface area contributed by atoms with Crippen LogP contribution in [0.2, 0.25) is 0 Å². The van der Waals surface area contributed by atoms with Gasteiger partial charge in [-0.05, 0) is 24.3 Å². The number of carbonyl (C=O) groups excluding carboxylic acids is 1. The highest BCUT2D eigenvalue weighted by molar-refractivity contribution is 6.03. The van der Waals surface area contributed by atoms with Gasteiger partial charge in [-0.1, -0.05) is 0 Å². The highest BCUT2D eigenvalue weighted by atomic mass is 16.4. The third kappa shape index (κ3) is 3.80. The quantitative estimate of drug-likeness (QED) is 0.636. The minimum Gasteiger partial charge on any atom is -0.478 e. The number of carboxylic acid groups (broad SMARTS) is 1. The largest absolute Gasteiger partial charge is 0.478 e. The van der Waals surface area contributed by atoms with E-state index >= 15 is 0 Å². The van der Waals surface area contributed by atoms with Crippen molar-refractivity contribution in [2.24, 2.45) is 4.99 Å². The Morgan fingerprint density at radius 1 is 0.947 bits per heavy atom. The van der Waals surface area contributed by atoms with Crippen LogP contribution in [0.25, 0.3) is 0 Å². The van der Waals surface area contributed by atoms with Crippen LogP contribution < -0.4 is 0 Å². The lowest BCUT2D eigenvalue weighted by Gasteiger charge is -2.22. The van der Waals surface area contributed by atoms with Gasteiger partial charge in [-0.15, -0.1) is 0 Å². The number of carboxylic acids is 1. The number of rotatable bonds is 2. The van der Waals surface area contributed by atoms with Crippen LogP contribution in [-0.4, -0.2) is 60.9 Å².